The predicted octanol–water partition coefficient (Wildman–Crippen LogP) is 7.15. The van der Waals surface area contributed by atoms with E-state index in [4.69, 9.17) is 4.74 Å². The molecule has 0 spiro atoms. The number of alkyl halides is 3. The third-order valence-corrected chi connectivity index (χ3v) is 6.84. The van der Waals surface area contributed by atoms with Crippen molar-refractivity contribution in [2.45, 2.75) is 70.7 Å². The van der Waals surface area contributed by atoms with Crippen molar-refractivity contribution in [3.8, 4) is 5.75 Å². The molecule has 0 N–H and O–H groups in total. The van der Waals surface area contributed by atoms with E-state index in [2.05, 4.69) is 17.6 Å². The number of rotatable bonds is 4. The molecule has 2 aliphatic rings. The average Bonchev–Trinajstić information content (AvgIpc) is 3.46. The van der Waals surface area contributed by atoms with Crippen LogP contribution in [0.1, 0.15) is 66.0 Å². The second-order valence-electron chi connectivity index (χ2n) is 8.70. The SMILES string of the molecule is Cc1c2n(c3ccc(OCc4ccc(C5CCCC5)c(C(F)(F)F)c4)cc13)CCC2. The lowest BCUT2D eigenvalue weighted by atomic mass is 9.91. The van der Waals surface area contributed by atoms with Gasteiger partial charge in [0, 0.05) is 23.1 Å². The molecule has 0 saturated heterocycles. The summed E-state index contributed by atoms with van der Waals surface area (Å²) >= 11 is 0. The summed E-state index contributed by atoms with van der Waals surface area (Å²) < 4.78 is 49.4. The van der Waals surface area contributed by atoms with E-state index in [-0.39, 0.29) is 12.5 Å². The topological polar surface area (TPSA) is 14.2 Å². The number of ether oxygens (including phenoxy) is 1. The number of halogens is 3. The fraction of sp³-hybridized carbons (Fsp3) is 0.440. The van der Waals surface area contributed by atoms with Gasteiger partial charge in [0.1, 0.15) is 12.4 Å². The third-order valence-electron chi connectivity index (χ3n) is 6.84. The molecular weight excluding hydrogens is 387 g/mol. The van der Waals surface area contributed by atoms with E-state index >= 15 is 0 Å². The van der Waals surface area contributed by atoms with Gasteiger partial charge >= 0.3 is 6.18 Å². The van der Waals surface area contributed by atoms with Crippen LogP contribution in [0.5, 0.6) is 5.75 Å². The largest absolute Gasteiger partial charge is 0.489 e. The maximum atomic E-state index is 13.7. The van der Waals surface area contributed by atoms with Crippen molar-refractivity contribution in [1.82, 2.24) is 4.57 Å². The number of nitrogens with zero attached hydrogens (tertiary/aromatic N) is 1. The minimum Gasteiger partial charge on any atom is -0.489 e. The van der Waals surface area contributed by atoms with Gasteiger partial charge in [0.05, 0.1) is 5.56 Å². The van der Waals surface area contributed by atoms with Crippen LogP contribution < -0.4 is 4.74 Å². The van der Waals surface area contributed by atoms with Crippen molar-refractivity contribution in [2.24, 2.45) is 0 Å². The maximum Gasteiger partial charge on any atom is 0.416 e. The molecule has 0 bridgehead atoms. The first-order valence-corrected chi connectivity index (χ1v) is 10.9. The zero-order chi connectivity index (χ0) is 20.9. The lowest BCUT2D eigenvalue weighted by Gasteiger charge is -2.19. The average molecular weight is 413 g/mol. The molecule has 5 heteroatoms. The Kier molecular flexibility index (Phi) is 4.79. The zero-order valence-corrected chi connectivity index (χ0v) is 17.2. The van der Waals surface area contributed by atoms with Crippen LogP contribution in [-0.2, 0) is 25.7 Å². The summed E-state index contributed by atoms with van der Waals surface area (Å²) in [6, 6.07) is 10.8. The number of aryl methyl sites for hydroxylation is 2. The Morgan fingerprint density at radius 2 is 1.83 bits per heavy atom. The van der Waals surface area contributed by atoms with E-state index in [1.807, 2.05) is 12.1 Å². The Balaban J connectivity index is 1.39. The number of hydrogen-bond donors (Lipinski definition) is 0. The molecule has 0 radical (unpaired) electrons. The molecule has 0 atom stereocenters. The lowest BCUT2D eigenvalue weighted by molar-refractivity contribution is -0.138. The normalized spacial score (nSPS) is 17.1. The molecule has 2 aromatic carbocycles. The molecule has 1 fully saturated rings. The predicted molar refractivity (Wildman–Crippen MR) is 112 cm³/mol. The van der Waals surface area contributed by atoms with E-state index in [1.165, 1.54) is 34.6 Å². The molecule has 5 rings (SSSR count). The molecule has 1 aliphatic heterocycles. The van der Waals surface area contributed by atoms with Crippen molar-refractivity contribution >= 4 is 10.9 Å². The standard InChI is InChI=1S/C25H26F3NO/c1-16-21-14-19(9-11-24(21)29-12-4-7-23(16)29)30-15-17-8-10-20(18-5-2-3-6-18)22(13-17)25(26,27)28/h8-11,13-14,18H,2-7,12,15H2,1H3. The first-order chi connectivity index (χ1) is 14.4. The summed E-state index contributed by atoms with van der Waals surface area (Å²) in [5, 5.41) is 1.18. The monoisotopic (exact) mass is 413 g/mol. The van der Waals surface area contributed by atoms with Crippen LogP contribution in [0.4, 0.5) is 13.2 Å². The highest BCUT2D eigenvalue weighted by Gasteiger charge is 2.36. The van der Waals surface area contributed by atoms with E-state index in [0.717, 1.165) is 38.6 Å². The van der Waals surface area contributed by atoms with Gasteiger partial charge in [-0.25, -0.2) is 0 Å². The number of aromatic nitrogens is 1. The molecule has 1 aromatic heterocycles. The Morgan fingerprint density at radius 3 is 2.60 bits per heavy atom. The summed E-state index contributed by atoms with van der Waals surface area (Å²) in [6.45, 7) is 3.32. The van der Waals surface area contributed by atoms with Crippen LogP contribution in [-0.4, -0.2) is 4.57 Å². The van der Waals surface area contributed by atoms with Gasteiger partial charge in [0.15, 0.2) is 0 Å². The minimum atomic E-state index is -4.34. The van der Waals surface area contributed by atoms with Crippen molar-refractivity contribution in [1.29, 1.82) is 0 Å². The summed E-state index contributed by atoms with van der Waals surface area (Å²) in [4.78, 5) is 0. The Hall–Kier alpha value is -2.43. The fourth-order valence-electron chi connectivity index (χ4n) is 5.32. The van der Waals surface area contributed by atoms with Crippen LogP contribution in [0.15, 0.2) is 36.4 Å². The highest BCUT2D eigenvalue weighted by molar-refractivity contribution is 5.87. The summed E-state index contributed by atoms with van der Waals surface area (Å²) in [5.74, 6) is 0.724. The van der Waals surface area contributed by atoms with Gasteiger partial charge in [-0.1, -0.05) is 25.0 Å². The molecule has 2 heterocycles. The molecule has 1 aliphatic carbocycles. The molecule has 1 saturated carbocycles. The van der Waals surface area contributed by atoms with E-state index < -0.39 is 11.7 Å². The molecule has 0 unspecified atom stereocenters. The van der Waals surface area contributed by atoms with Crippen LogP contribution in [0.25, 0.3) is 10.9 Å². The molecule has 3 aromatic rings. The first kappa shape index (κ1) is 19.5. The first-order valence-electron chi connectivity index (χ1n) is 10.9. The van der Waals surface area contributed by atoms with E-state index in [9.17, 15) is 13.2 Å². The minimum absolute atomic E-state index is 0.0266. The molecule has 2 nitrogen and oxygen atoms in total. The quantitative estimate of drug-likeness (QED) is 0.443. The molecule has 30 heavy (non-hydrogen) atoms. The van der Waals surface area contributed by atoms with Crippen LogP contribution in [0, 0.1) is 6.92 Å². The smallest absolute Gasteiger partial charge is 0.416 e. The Labute approximate surface area is 174 Å². The van der Waals surface area contributed by atoms with Gasteiger partial charge in [-0.2, -0.15) is 13.2 Å². The second kappa shape index (κ2) is 7.36. The van der Waals surface area contributed by atoms with Crippen molar-refractivity contribution in [3.05, 3.63) is 64.3 Å². The van der Waals surface area contributed by atoms with E-state index in [0.29, 0.717) is 16.9 Å². The Bertz CT molecular complexity index is 1090. The Morgan fingerprint density at radius 1 is 1.03 bits per heavy atom. The lowest BCUT2D eigenvalue weighted by Crippen LogP contribution is -2.12. The summed E-state index contributed by atoms with van der Waals surface area (Å²) in [5.41, 5.74) is 4.40. The molecular formula is C25H26F3NO. The van der Waals surface area contributed by atoms with Crippen molar-refractivity contribution in [2.75, 3.05) is 0 Å². The van der Waals surface area contributed by atoms with Crippen LogP contribution in [0.3, 0.4) is 0 Å². The second-order valence-corrected chi connectivity index (χ2v) is 8.70. The zero-order valence-electron chi connectivity index (χ0n) is 17.2. The maximum absolute atomic E-state index is 13.7. The van der Waals surface area contributed by atoms with Gasteiger partial charge < -0.3 is 9.30 Å². The summed E-state index contributed by atoms with van der Waals surface area (Å²) in [7, 11) is 0. The van der Waals surface area contributed by atoms with Gasteiger partial charge in [0.25, 0.3) is 0 Å². The number of benzene rings is 2. The summed E-state index contributed by atoms with van der Waals surface area (Å²) in [6.07, 6.45) is 1.67. The van der Waals surface area contributed by atoms with Gasteiger partial charge in [0.2, 0.25) is 0 Å². The van der Waals surface area contributed by atoms with Crippen LogP contribution >= 0.6 is 0 Å². The van der Waals surface area contributed by atoms with Crippen molar-refractivity contribution < 1.29 is 17.9 Å². The number of fused-ring (bicyclic) bond motifs is 3. The van der Waals surface area contributed by atoms with Gasteiger partial charge in [-0.15, -0.1) is 0 Å². The van der Waals surface area contributed by atoms with Crippen molar-refractivity contribution in [3.63, 3.8) is 0 Å². The number of hydrogen-bond acceptors (Lipinski definition) is 1. The highest BCUT2D eigenvalue weighted by atomic mass is 19.4. The van der Waals surface area contributed by atoms with Gasteiger partial charge in [-0.05, 0) is 79.5 Å². The molecule has 158 valence electrons. The highest BCUT2D eigenvalue weighted by Crippen LogP contribution is 2.42. The van der Waals surface area contributed by atoms with Gasteiger partial charge in [-0.3, -0.25) is 0 Å². The van der Waals surface area contributed by atoms with E-state index in [1.54, 1.807) is 12.1 Å². The van der Waals surface area contributed by atoms with Crippen LogP contribution in [0.2, 0.25) is 0 Å². The fourth-order valence-corrected chi connectivity index (χ4v) is 5.32. The third kappa shape index (κ3) is 3.38. The molecule has 0 amide bonds.